The van der Waals surface area contributed by atoms with E-state index in [1.165, 1.54) is 0 Å². The summed E-state index contributed by atoms with van der Waals surface area (Å²) in [5.74, 6) is 0.0663. The molecule has 4 nitrogen and oxygen atoms in total. The second kappa shape index (κ2) is 7.69. The Balaban J connectivity index is 2.12. The summed E-state index contributed by atoms with van der Waals surface area (Å²) in [7, 11) is 0. The van der Waals surface area contributed by atoms with Crippen LogP contribution in [0, 0.1) is 23.7 Å². The van der Waals surface area contributed by atoms with Crippen LogP contribution in [-0.4, -0.2) is 38.2 Å². The molecule has 2 aliphatic rings. The lowest BCUT2D eigenvalue weighted by atomic mass is 9.73. The molecule has 0 aromatic rings. The molecule has 5 heteroatoms. The number of halogens is 1. The van der Waals surface area contributed by atoms with Crippen LogP contribution in [-0.2, 0) is 4.89 Å². The fourth-order valence-electron chi connectivity index (χ4n) is 4.47. The molecule has 2 rings (SSSR count). The molecule has 1 saturated carbocycles. The smallest absolute Gasteiger partial charge is 0.125 e. The number of rotatable bonds is 6. The van der Waals surface area contributed by atoms with Gasteiger partial charge in [-0.25, -0.2) is 4.89 Å². The van der Waals surface area contributed by atoms with Crippen LogP contribution >= 0.6 is 11.6 Å². The molecule has 0 radical (unpaired) electrons. The van der Waals surface area contributed by atoms with Crippen molar-refractivity contribution in [1.29, 1.82) is 0 Å². The van der Waals surface area contributed by atoms with Crippen LogP contribution in [0.4, 0.5) is 0 Å². The molecule has 0 aliphatic heterocycles. The van der Waals surface area contributed by atoms with E-state index in [1.54, 1.807) is 6.92 Å². The van der Waals surface area contributed by atoms with Crippen LogP contribution in [0.5, 0.6) is 0 Å². The minimum absolute atomic E-state index is 0.0247. The zero-order chi connectivity index (χ0) is 19.0. The van der Waals surface area contributed by atoms with Gasteiger partial charge < -0.3 is 10.2 Å². The molecule has 0 heterocycles. The summed E-state index contributed by atoms with van der Waals surface area (Å²) in [5.41, 5.74) is 0.185. The van der Waals surface area contributed by atoms with Gasteiger partial charge in [-0.15, -0.1) is 11.6 Å². The highest BCUT2D eigenvalue weighted by Gasteiger charge is 2.51. The number of hydrogen-bond donors (Lipinski definition) is 3. The van der Waals surface area contributed by atoms with Crippen molar-refractivity contribution >= 4 is 11.6 Å². The quantitative estimate of drug-likeness (QED) is 0.283. The molecule has 0 unspecified atom stereocenters. The number of aliphatic hydroxyl groups is 2. The van der Waals surface area contributed by atoms with E-state index >= 15 is 0 Å². The van der Waals surface area contributed by atoms with Crippen molar-refractivity contribution in [3.05, 3.63) is 24.3 Å². The topological polar surface area (TPSA) is 69.9 Å². The SMILES string of the molecule is C=C1CC[C@H]([C@@H](C)CC[C@@H](O)C(C)(C)Cl)[C@H](O)[C@@H]2[C@@H]1C=C[C@@]2(C)OO. The second-order valence-electron chi connectivity index (χ2n) is 8.67. The zero-order valence-electron chi connectivity index (χ0n) is 15.8. The maximum atomic E-state index is 11.1. The number of fused-ring (bicyclic) bond motifs is 1. The van der Waals surface area contributed by atoms with Gasteiger partial charge in [-0.05, 0) is 58.3 Å². The number of aliphatic hydroxyl groups excluding tert-OH is 2. The molecule has 3 N–H and O–H groups in total. The van der Waals surface area contributed by atoms with Crippen LogP contribution < -0.4 is 0 Å². The molecular weight excluding hydrogens is 340 g/mol. The Morgan fingerprint density at radius 2 is 2.08 bits per heavy atom. The third-order valence-electron chi connectivity index (χ3n) is 6.38. The van der Waals surface area contributed by atoms with Crippen molar-refractivity contribution in [2.24, 2.45) is 23.7 Å². The molecule has 0 spiro atoms. The second-order valence-corrected chi connectivity index (χ2v) is 9.65. The van der Waals surface area contributed by atoms with Crippen molar-refractivity contribution in [1.82, 2.24) is 0 Å². The number of alkyl halides is 1. The van der Waals surface area contributed by atoms with E-state index in [0.717, 1.165) is 24.8 Å². The normalized spacial score (nSPS) is 38.3. The third-order valence-corrected chi connectivity index (χ3v) is 6.63. The summed E-state index contributed by atoms with van der Waals surface area (Å²) in [6, 6.07) is 0. The molecule has 2 aliphatic carbocycles. The predicted octanol–water partition coefficient (Wildman–Crippen LogP) is 4.16. The fraction of sp³-hybridized carbons (Fsp3) is 0.800. The molecule has 0 aromatic carbocycles. The Hall–Kier alpha value is -0.390. The largest absolute Gasteiger partial charge is 0.392 e. The van der Waals surface area contributed by atoms with Gasteiger partial charge in [0.1, 0.15) is 5.60 Å². The highest BCUT2D eigenvalue weighted by Crippen LogP contribution is 2.49. The highest BCUT2D eigenvalue weighted by molar-refractivity contribution is 6.23. The Bertz CT molecular complexity index is 512. The monoisotopic (exact) mass is 372 g/mol. The Morgan fingerprint density at radius 3 is 2.64 bits per heavy atom. The van der Waals surface area contributed by atoms with Gasteiger partial charge in [0.05, 0.1) is 17.1 Å². The lowest BCUT2D eigenvalue weighted by Gasteiger charge is -2.38. The van der Waals surface area contributed by atoms with E-state index in [4.69, 9.17) is 16.5 Å². The van der Waals surface area contributed by atoms with Crippen molar-refractivity contribution in [2.75, 3.05) is 0 Å². The van der Waals surface area contributed by atoms with Crippen molar-refractivity contribution in [3.63, 3.8) is 0 Å². The predicted molar refractivity (Wildman–Crippen MR) is 100 cm³/mol. The van der Waals surface area contributed by atoms with Gasteiger partial charge in [-0.1, -0.05) is 31.2 Å². The van der Waals surface area contributed by atoms with Crippen molar-refractivity contribution < 1.29 is 20.4 Å². The van der Waals surface area contributed by atoms with Crippen LogP contribution in [0.25, 0.3) is 0 Å². The molecule has 25 heavy (non-hydrogen) atoms. The van der Waals surface area contributed by atoms with E-state index in [-0.39, 0.29) is 23.7 Å². The van der Waals surface area contributed by atoms with Gasteiger partial charge in [-0.2, -0.15) is 0 Å². The zero-order valence-corrected chi connectivity index (χ0v) is 16.5. The first-order chi connectivity index (χ1) is 11.5. The Kier molecular flexibility index (Phi) is 6.44. The molecule has 7 atom stereocenters. The molecular formula is C20H33ClO4. The lowest BCUT2D eigenvalue weighted by molar-refractivity contribution is -0.322. The minimum Gasteiger partial charge on any atom is -0.392 e. The first kappa shape index (κ1) is 20.9. The van der Waals surface area contributed by atoms with Crippen LogP contribution in [0.2, 0.25) is 0 Å². The van der Waals surface area contributed by atoms with Gasteiger partial charge in [0, 0.05) is 11.8 Å². The average Bonchev–Trinajstić information content (AvgIpc) is 2.83. The van der Waals surface area contributed by atoms with E-state index < -0.39 is 22.7 Å². The maximum Gasteiger partial charge on any atom is 0.125 e. The molecule has 0 saturated heterocycles. The fourth-order valence-corrected chi connectivity index (χ4v) is 4.58. The van der Waals surface area contributed by atoms with E-state index in [1.807, 2.05) is 26.0 Å². The third kappa shape index (κ3) is 4.30. The highest BCUT2D eigenvalue weighted by atomic mass is 35.5. The molecule has 0 aromatic heterocycles. The molecule has 0 bridgehead atoms. The summed E-state index contributed by atoms with van der Waals surface area (Å²) in [5, 5.41) is 30.7. The van der Waals surface area contributed by atoms with Gasteiger partial charge in [-0.3, -0.25) is 5.26 Å². The summed E-state index contributed by atoms with van der Waals surface area (Å²) in [6.07, 6.45) is 5.73. The summed E-state index contributed by atoms with van der Waals surface area (Å²) >= 11 is 6.19. The first-order valence-electron chi connectivity index (χ1n) is 9.26. The van der Waals surface area contributed by atoms with Crippen molar-refractivity contribution in [2.45, 2.75) is 76.1 Å². The Morgan fingerprint density at radius 1 is 1.44 bits per heavy atom. The van der Waals surface area contributed by atoms with Gasteiger partial charge >= 0.3 is 0 Å². The van der Waals surface area contributed by atoms with Gasteiger partial charge in [0.25, 0.3) is 0 Å². The first-order valence-corrected chi connectivity index (χ1v) is 9.63. The average molecular weight is 373 g/mol. The standard InChI is InChI=1S/C20H33ClO4/c1-12-6-8-15(13(2)7-9-16(22)19(3,4)21)18(23)17-14(12)10-11-20(17,5)25-24/h10-11,13-18,22-24H,1,6-9H2,2-5H3/t13-,14+,15+,16+,17-,18-,20+/m0/s1. The van der Waals surface area contributed by atoms with Crippen molar-refractivity contribution in [3.8, 4) is 0 Å². The molecule has 0 amide bonds. The lowest BCUT2D eigenvalue weighted by Crippen LogP contribution is -2.46. The summed E-state index contributed by atoms with van der Waals surface area (Å²) < 4.78 is 0. The van der Waals surface area contributed by atoms with Gasteiger partial charge in [0.2, 0.25) is 0 Å². The summed E-state index contributed by atoms with van der Waals surface area (Å²) in [4.78, 5) is 4.12. The van der Waals surface area contributed by atoms with E-state index in [9.17, 15) is 15.5 Å². The number of hydrogen-bond acceptors (Lipinski definition) is 4. The maximum absolute atomic E-state index is 11.1. The van der Waals surface area contributed by atoms with E-state index in [2.05, 4.69) is 13.5 Å². The van der Waals surface area contributed by atoms with Crippen LogP contribution in [0.1, 0.15) is 53.4 Å². The number of allylic oxidation sites excluding steroid dienone is 2. The minimum atomic E-state index is -0.896. The van der Waals surface area contributed by atoms with Crippen LogP contribution in [0.3, 0.4) is 0 Å². The van der Waals surface area contributed by atoms with Crippen LogP contribution in [0.15, 0.2) is 24.3 Å². The molecule has 144 valence electrons. The molecule has 1 fully saturated rings. The summed E-state index contributed by atoms with van der Waals surface area (Å²) in [6.45, 7) is 11.7. The van der Waals surface area contributed by atoms with Gasteiger partial charge in [0.15, 0.2) is 0 Å². The Labute approximate surface area is 156 Å². The van der Waals surface area contributed by atoms with E-state index in [0.29, 0.717) is 6.42 Å².